The van der Waals surface area contributed by atoms with E-state index in [4.69, 9.17) is 4.74 Å². The van der Waals surface area contributed by atoms with E-state index in [0.717, 1.165) is 21.5 Å². The zero-order valence-electron chi connectivity index (χ0n) is 12.8. The molecular formula is C16H20BrN3O. The topological polar surface area (TPSA) is 47.0 Å². The molecule has 0 bridgehead atoms. The molecule has 0 aliphatic carbocycles. The number of benzene rings is 1. The van der Waals surface area contributed by atoms with Gasteiger partial charge in [-0.3, -0.25) is 0 Å². The molecule has 0 atom stereocenters. The Labute approximate surface area is 134 Å². The molecule has 0 amide bonds. The standard InChI is InChI=1S/C16H20BrN3O/c1-11-5-6-12(17)9-14(11)21-15-8-7-13(19-20-15)10-18-16(2,3)4/h5-9,18H,10H2,1-4H3. The van der Waals surface area contributed by atoms with Gasteiger partial charge in [0.1, 0.15) is 5.75 Å². The van der Waals surface area contributed by atoms with Crippen molar-refractivity contribution in [2.24, 2.45) is 0 Å². The maximum Gasteiger partial charge on any atom is 0.238 e. The molecule has 4 nitrogen and oxygen atoms in total. The van der Waals surface area contributed by atoms with Crippen LogP contribution < -0.4 is 10.1 Å². The number of hydrogen-bond acceptors (Lipinski definition) is 4. The van der Waals surface area contributed by atoms with Crippen molar-refractivity contribution in [3.8, 4) is 11.6 Å². The van der Waals surface area contributed by atoms with Gasteiger partial charge in [-0.1, -0.05) is 22.0 Å². The Morgan fingerprint density at radius 1 is 1.14 bits per heavy atom. The third kappa shape index (κ3) is 5.10. The number of ether oxygens (including phenoxy) is 1. The molecule has 0 aliphatic heterocycles. The van der Waals surface area contributed by atoms with Crippen LogP contribution in [0.5, 0.6) is 11.6 Å². The molecule has 0 saturated heterocycles. The summed E-state index contributed by atoms with van der Waals surface area (Å²) in [7, 11) is 0. The van der Waals surface area contributed by atoms with Crippen molar-refractivity contribution in [1.29, 1.82) is 0 Å². The lowest BCUT2D eigenvalue weighted by Crippen LogP contribution is -2.35. The Balaban J connectivity index is 2.04. The molecule has 0 radical (unpaired) electrons. The SMILES string of the molecule is Cc1ccc(Br)cc1Oc1ccc(CNC(C)(C)C)nn1. The van der Waals surface area contributed by atoms with E-state index >= 15 is 0 Å². The molecule has 112 valence electrons. The average Bonchev–Trinajstić information content (AvgIpc) is 2.41. The van der Waals surface area contributed by atoms with Crippen LogP contribution >= 0.6 is 15.9 Å². The van der Waals surface area contributed by atoms with Crippen molar-refractivity contribution in [1.82, 2.24) is 15.5 Å². The number of halogens is 1. The van der Waals surface area contributed by atoms with E-state index in [1.165, 1.54) is 0 Å². The normalized spacial score (nSPS) is 11.5. The highest BCUT2D eigenvalue weighted by atomic mass is 79.9. The van der Waals surface area contributed by atoms with Gasteiger partial charge >= 0.3 is 0 Å². The van der Waals surface area contributed by atoms with Gasteiger partial charge in [0.05, 0.1) is 5.69 Å². The van der Waals surface area contributed by atoms with Gasteiger partial charge in [0.15, 0.2) is 0 Å². The third-order valence-electron chi connectivity index (χ3n) is 2.86. The molecule has 0 unspecified atom stereocenters. The maximum atomic E-state index is 5.77. The number of nitrogens with zero attached hydrogens (tertiary/aromatic N) is 2. The third-order valence-corrected chi connectivity index (χ3v) is 3.35. The summed E-state index contributed by atoms with van der Waals surface area (Å²) in [6, 6.07) is 9.66. The van der Waals surface area contributed by atoms with Crippen LogP contribution in [-0.4, -0.2) is 15.7 Å². The summed E-state index contributed by atoms with van der Waals surface area (Å²) >= 11 is 3.44. The number of aryl methyl sites for hydroxylation is 1. The molecule has 2 rings (SSSR count). The number of hydrogen-bond donors (Lipinski definition) is 1. The summed E-state index contributed by atoms with van der Waals surface area (Å²) in [6.45, 7) is 9.04. The van der Waals surface area contributed by atoms with Crippen LogP contribution in [0.2, 0.25) is 0 Å². The first-order chi connectivity index (χ1) is 9.83. The van der Waals surface area contributed by atoms with Crippen molar-refractivity contribution in [2.75, 3.05) is 0 Å². The Bertz CT molecular complexity index is 606. The lowest BCUT2D eigenvalue weighted by Gasteiger charge is -2.19. The molecule has 0 saturated carbocycles. The summed E-state index contributed by atoms with van der Waals surface area (Å²) in [4.78, 5) is 0. The van der Waals surface area contributed by atoms with Gasteiger partial charge < -0.3 is 10.1 Å². The fourth-order valence-corrected chi connectivity index (χ4v) is 1.99. The Morgan fingerprint density at radius 2 is 1.90 bits per heavy atom. The first-order valence-electron chi connectivity index (χ1n) is 6.85. The number of nitrogens with one attached hydrogen (secondary N) is 1. The second-order valence-electron chi connectivity index (χ2n) is 5.98. The van der Waals surface area contributed by atoms with E-state index in [1.807, 2.05) is 37.3 Å². The van der Waals surface area contributed by atoms with Crippen LogP contribution in [-0.2, 0) is 6.54 Å². The molecule has 0 spiro atoms. The summed E-state index contributed by atoms with van der Waals surface area (Å²) < 4.78 is 6.74. The van der Waals surface area contributed by atoms with E-state index in [-0.39, 0.29) is 5.54 Å². The van der Waals surface area contributed by atoms with Crippen LogP contribution in [0.25, 0.3) is 0 Å². The van der Waals surface area contributed by atoms with Crippen LogP contribution in [0.3, 0.4) is 0 Å². The summed E-state index contributed by atoms with van der Waals surface area (Å²) in [5.41, 5.74) is 2.01. The Morgan fingerprint density at radius 3 is 2.52 bits per heavy atom. The second kappa shape index (κ2) is 6.54. The van der Waals surface area contributed by atoms with Crippen LogP contribution in [0.4, 0.5) is 0 Å². The number of rotatable bonds is 4. The van der Waals surface area contributed by atoms with Crippen LogP contribution in [0.1, 0.15) is 32.0 Å². The quantitative estimate of drug-likeness (QED) is 0.897. The minimum absolute atomic E-state index is 0.0598. The largest absolute Gasteiger partial charge is 0.437 e. The van der Waals surface area contributed by atoms with Crippen LogP contribution in [0, 0.1) is 6.92 Å². The Kier molecular flexibility index (Phi) is 4.96. The molecule has 0 fully saturated rings. The average molecular weight is 350 g/mol. The summed E-state index contributed by atoms with van der Waals surface area (Å²) in [5, 5.41) is 11.7. The first kappa shape index (κ1) is 15.9. The molecule has 2 aromatic rings. The van der Waals surface area contributed by atoms with Crippen molar-refractivity contribution in [3.05, 3.63) is 46.1 Å². The van der Waals surface area contributed by atoms with Crippen molar-refractivity contribution < 1.29 is 4.74 Å². The van der Waals surface area contributed by atoms with E-state index in [9.17, 15) is 0 Å². The monoisotopic (exact) mass is 349 g/mol. The highest BCUT2D eigenvalue weighted by Gasteiger charge is 2.09. The minimum atomic E-state index is 0.0598. The van der Waals surface area contributed by atoms with E-state index in [0.29, 0.717) is 12.4 Å². The van der Waals surface area contributed by atoms with Gasteiger partial charge in [-0.15, -0.1) is 5.10 Å². The molecule has 21 heavy (non-hydrogen) atoms. The molecule has 1 N–H and O–H groups in total. The van der Waals surface area contributed by atoms with E-state index in [2.05, 4.69) is 52.2 Å². The summed E-state index contributed by atoms with van der Waals surface area (Å²) in [5.74, 6) is 1.27. The minimum Gasteiger partial charge on any atom is -0.437 e. The highest BCUT2D eigenvalue weighted by Crippen LogP contribution is 2.26. The van der Waals surface area contributed by atoms with Gasteiger partial charge in [-0.2, -0.15) is 5.10 Å². The lowest BCUT2D eigenvalue weighted by molar-refractivity contribution is 0.416. The van der Waals surface area contributed by atoms with Gasteiger partial charge in [-0.25, -0.2) is 0 Å². The van der Waals surface area contributed by atoms with Gasteiger partial charge in [0, 0.05) is 22.6 Å². The zero-order valence-corrected chi connectivity index (χ0v) is 14.4. The highest BCUT2D eigenvalue weighted by molar-refractivity contribution is 9.10. The molecular weight excluding hydrogens is 330 g/mol. The van der Waals surface area contributed by atoms with Gasteiger partial charge in [-0.05, 0) is 51.5 Å². The van der Waals surface area contributed by atoms with Crippen molar-refractivity contribution >= 4 is 15.9 Å². The Hall–Kier alpha value is -1.46. The molecule has 1 aromatic heterocycles. The zero-order chi connectivity index (χ0) is 15.5. The maximum absolute atomic E-state index is 5.77. The second-order valence-corrected chi connectivity index (χ2v) is 6.89. The van der Waals surface area contributed by atoms with Crippen molar-refractivity contribution in [2.45, 2.75) is 39.8 Å². The van der Waals surface area contributed by atoms with Gasteiger partial charge in [0.25, 0.3) is 0 Å². The van der Waals surface area contributed by atoms with E-state index in [1.54, 1.807) is 0 Å². The van der Waals surface area contributed by atoms with E-state index < -0.39 is 0 Å². The fraction of sp³-hybridized carbons (Fsp3) is 0.375. The van der Waals surface area contributed by atoms with Crippen molar-refractivity contribution in [3.63, 3.8) is 0 Å². The molecule has 1 aromatic carbocycles. The predicted molar refractivity (Wildman–Crippen MR) is 87.6 cm³/mol. The lowest BCUT2D eigenvalue weighted by atomic mass is 10.1. The smallest absolute Gasteiger partial charge is 0.238 e. The molecule has 5 heteroatoms. The van der Waals surface area contributed by atoms with Gasteiger partial charge in [0.2, 0.25) is 5.88 Å². The van der Waals surface area contributed by atoms with Crippen LogP contribution in [0.15, 0.2) is 34.8 Å². The predicted octanol–water partition coefficient (Wildman–Crippen LogP) is 4.23. The molecule has 0 aliphatic rings. The summed E-state index contributed by atoms with van der Waals surface area (Å²) in [6.07, 6.45) is 0. The molecule has 1 heterocycles. The number of aromatic nitrogens is 2. The fourth-order valence-electron chi connectivity index (χ4n) is 1.65. The first-order valence-corrected chi connectivity index (χ1v) is 7.64.